The molecule has 0 radical (unpaired) electrons. The lowest BCUT2D eigenvalue weighted by Crippen LogP contribution is -2.33. The van der Waals surface area contributed by atoms with E-state index < -0.39 is 15.1 Å². The van der Waals surface area contributed by atoms with E-state index in [4.69, 9.17) is 9.84 Å². The molecule has 0 spiro atoms. The Kier molecular flexibility index (Phi) is 8.03. The minimum Gasteiger partial charge on any atom is -0.480 e. The molecule has 0 aliphatic heterocycles. The van der Waals surface area contributed by atoms with E-state index in [2.05, 4.69) is 31.9 Å². The van der Waals surface area contributed by atoms with E-state index in [0.29, 0.717) is 32.3 Å². The highest BCUT2D eigenvalue weighted by Gasteiger charge is 2.34. The monoisotopic (exact) mass is 372 g/mol. The fourth-order valence-electron chi connectivity index (χ4n) is 1.37. The molecule has 0 aliphatic carbocycles. The van der Waals surface area contributed by atoms with Gasteiger partial charge in [0.15, 0.2) is 0 Å². The molecule has 0 aromatic rings. The maximum atomic E-state index is 11.7. The van der Waals surface area contributed by atoms with Crippen molar-refractivity contribution in [1.82, 2.24) is 0 Å². The molecule has 0 saturated carbocycles. The molecule has 0 aromatic heterocycles. The second kappa shape index (κ2) is 8.08. The number of halogens is 2. The van der Waals surface area contributed by atoms with Crippen molar-refractivity contribution in [2.75, 3.05) is 6.61 Å². The third kappa shape index (κ3) is 5.86. The number of aliphatic carboxylic acids is 1. The molecule has 6 heteroatoms. The van der Waals surface area contributed by atoms with Gasteiger partial charge in [0, 0.05) is 0 Å². The van der Waals surface area contributed by atoms with Crippen molar-refractivity contribution in [2.45, 2.75) is 48.7 Å². The molecule has 0 heterocycles. The van der Waals surface area contributed by atoms with Gasteiger partial charge in [-0.05, 0) is 32.6 Å². The zero-order valence-electron chi connectivity index (χ0n) is 10.0. The predicted octanol–water partition coefficient (Wildman–Crippen LogP) is 3.11. The minimum atomic E-state index is -0.877. The van der Waals surface area contributed by atoms with Gasteiger partial charge >= 0.3 is 11.9 Å². The van der Waals surface area contributed by atoms with Crippen LogP contribution in [0.25, 0.3) is 0 Å². The van der Waals surface area contributed by atoms with Gasteiger partial charge in [0.25, 0.3) is 0 Å². The first kappa shape index (κ1) is 16.9. The smallest absolute Gasteiger partial charge is 0.322 e. The first-order valence-corrected chi connectivity index (χ1v) is 7.31. The van der Waals surface area contributed by atoms with Gasteiger partial charge in [0.1, 0.15) is 9.15 Å². The molecule has 0 amide bonds. The molecule has 0 rings (SSSR count). The fourth-order valence-corrected chi connectivity index (χ4v) is 2.09. The van der Waals surface area contributed by atoms with Crippen molar-refractivity contribution in [1.29, 1.82) is 0 Å². The number of carboxylic acid groups (broad SMARTS) is 1. The summed E-state index contributed by atoms with van der Waals surface area (Å²) < 4.78 is 4.30. The molecule has 0 fully saturated rings. The van der Waals surface area contributed by atoms with Crippen molar-refractivity contribution in [3.05, 3.63) is 0 Å². The molecule has 4 nitrogen and oxygen atoms in total. The zero-order valence-corrected chi connectivity index (χ0v) is 13.2. The van der Waals surface area contributed by atoms with Gasteiger partial charge < -0.3 is 9.84 Å². The van der Waals surface area contributed by atoms with Crippen molar-refractivity contribution < 1.29 is 19.4 Å². The van der Waals surface area contributed by atoms with Crippen LogP contribution in [0.1, 0.15) is 39.5 Å². The van der Waals surface area contributed by atoms with Crippen LogP contribution in [0.2, 0.25) is 0 Å². The van der Waals surface area contributed by atoms with Gasteiger partial charge in [-0.1, -0.05) is 38.8 Å². The van der Waals surface area contributed by atoms with Crippen LogP contribution in [0.15, 0.2) is 0 Å². The van der Waals surface area contributed by atoms with Crippen molar-refractivity contribution in [3.63, 3.8) is 0 Å². The summed E-state index contributed by atoms with van der Waals surface area (Å²) in [5.41, 5.74) is 0. The van der Waals surface area contributed by atoms with Gasteiger partial charge in [-0.3, -0.25) is 9.59 Å². The molecule has 17 heavy (non-hydrogen) atoms. The topological polar surface area (TPSA) is 63.6 Å². The summed E-state index contributed by atoms with van der Waals surface area (Å²) in [7, 11) is 0. The highest BCUT2D eigenvalue weighted by molar-refractivity contribution is 9.10. The quantitative estimate of drug-likeness (QED) is 0.524. The third-order valence-corrected chi connectivity index (χ3v) is 4.63. The second-order valence-electron chi connectivity index (χ2n) is 3.74. The van der Waals surface area contributed by atoms with Gasteiger partial charge in [-0.25, -0.2) is 0 Å². The van der Waals surface area contributed by atoms with Crippen molar-refractivity contribution in [3.8, 4) is 0 Å². The Labute approximate surface area is 118 Å². The summed E-state index contributed by atoms with van der Waals surface area (Å²) in [6.07, 6.45) is 2.31. The standard InChI is InChI=1S/C11H18Br2O4/c1-3-11(13,10(16)17-4-2)7-5-6-8(12)9(14)15/h8H,3-7H2,1-2H3,(H,14,15). The average Bonchev–Trinajstić information content (AvgIpc) is 2.28. The molecule has 0 aliphatic rings. The number of esters is 1. The number of carbonyl (C=O) groups excluding carboxylic acids is 1. The summed E-state index contributed by atoms with van der Waals surface area (Å²) >= 11 is 6.47. The van der Waals surface area contributed by atoms with Gasteiger partial charge in [0.2, 0.25) is 0 Å². The lowest BCUT2D eigenvalue weighted by Gasteiger charge is -2.23. The Bertz CT molecular complexity index is 270. The molecule has 2 atom stereocenters. The van der Waals surface area contributed by atoms with Crippen molar-refractivity contribution >= 4 is 43.8 Å². The molecule has 0 bridgehead atoms. The number of alkyl halides is 2. The molecule has 2 unspecified atom stereocenters. The summed E-state index contributed by atoms with van der Waals surface area (Å²) in [6.45, 7) is 4.01. The molecule has 100 valence electrons. The first-order valence-electron chi connectivity index (χ1n) is 5.60. The maximum Gasteiger partial charge on any atom is 0.322 e. The lowest BCUT2D eigenvalue weighted by atomic mass is 9.98. The van der Waals surface area contributed by atoms with Gasteiger partial charge in [-0.15, -0.1) is 0 Å². The van der Waals surface area contributed by atoms with E-state index in [0.717, 1.165) is 0 Å². The SMILES string of the molecule is CCOC(=O)C(Br)(CC)CCCC(Br)C(=O)O. The van der Waals surface area contributed by atoms with Gasteiger partial charge in [0.05, 0.1) is 6.61 Å². The summed E-state index contributed by atoms with van der Waals surface area (Å²) in [4.78, 5) is 21.8. The first-order chi connectivity index (χ1) is 7.87. The summed E-state index contributed by atoms with van der Waals surface area (Å²) in [5, 5.41) is 8.71. The Morgan fingerprint density at radius 1 is 1.41 bits per heavy atom. The van der Waals surface area contributed by atoms with Crippen LogP contribution >= 0.6 is 31.9 Å². The van der Waals surface area contributed by atoms with E-state index >= 15 is 0 Å². The Morgan fingerprint density at radius 3 is 2.41 bits per heavy atom. The second-order valence-corrected chi connectivity index (χ2v) is 6.36. The number of carboxylic acids is 1. The minimum absolute atomic E-state index is 0.274. The van der Waals surface area contributed by atoms with Crippen molar-refractivity contribution in [2.24, 2.45) is 0 Å². The molecule has 1 N–H and O–H groups in total. The fraction of sp³-hybridized carbons (Fsp3) is 0.818. The largest absolute Gasteiger partial charge is 0.480 e. The Morgan fingerprint density at radius 2 is 2.00 bits per heavy atom. The van der Waals surface area contributed by atoms with Gasteiger partial charge in [-0.2, -0.15) is 0 Å². The Balaban J connectivity index is 4.21. The van der Waals surface area contributed by atoms with E-state index in [-0.39, 0.29) is 5.97 Å². The highest BCUT2D eigenvalue weighted by atomic mass is 79.9. The van der Waals surface area contributed by atoms with Crippen LogP contribution in [0, 0.1) is 0 Å². The van der Waals surface area contributed by atoms with E-state index in [9.17, 15) is 9.59 Å². The predicted molar refractivity (Wildman–Crippen MR) is 72.8 cm³/mol. The van der Waals surface area contributed by atoms with Crippen LogP contribution < -0.4 is 0 Å². The van der Waals surface area contributed by atoms with Crippen LogP contribution in [0.3, 0.4) is 0 Å². The lowest BCUT2D eigenvalue weighted by molar-refractivity contribution is -0.146. The number of carbonyl (C=O) groups is 2. The number of hydrogen-bond acceptors (Lipinski definition) is 3. The number of ether oxygens (including phenoxy) is 1. The van der Waals surface area contributed by atoms with E-state index in [1.54, 1.807) is 6.92 Å². The van der Waals surface area contributed by atoms with E-state index in [1.165, 1.54) is 0 Å². The summed E-state index contributed by atoms with van der Waals surface area (Å²) in [6, 6.07) is 0. The number of rotatable bonds is 8. The van der Waals surface area contributed by atoms with Crippen LogP contribution in [0.5, 0.6) is 0 Å². The highest BCUT2D eigenvalue weighted by Crippen LogP contribution is 2.31. The van der Waals surface area contributed by atoms with Crippen LogP contribution in [0.4, 0.5) is 0 Å². The molecule has 0 saturated heterocycles. The molecular weight excluding hydrogens is 356 g/mol. The average molecular weight is 374 g/mol. The van der Waals surface area contributed by atoms with Crippen LogP contribution in [-0.2, 0) is 14.3 Å². The summed E-state index contributed by atoms with van der Waals surface area (Å²) in [5.74, 6) is -1.15. The number of hydrogen-bond donors (Lipinski definition) is 1. The Hall–Kier alpha value is -0.100. The third-order valence-electron chi connectivity index (χ3n) is 2.50. The normalized spacial score (nSPS) is 16.0. The van der Waals surface area contributed by atoms with E-state index in [1.807, 2.05) is 6.92 Å². The molecular formula is C11H18Br2O4. The maximum absolute atomic E-state index is 11.7. The zero-order chi connectivity index (χ0) is 13.5. The van der Waals surface area contributed by atoms with Crippen LogP contribution in [-0.4, -0.2) is 32.8 Å². The molecule has 0 aromatic carbocycles.